The molecule has 0 aromatic heterocycles. The van der Waals surface area contributed by atoms with Gasteiger partial charge in [-0.25, -0.2) is 0 Å². The zero-order valence-electron chi connectivity index (χ0n) is 11.5. The van der Waals surface area contributed by atoms with E-state index in [4.69, 9.17) is 0 Å². The van der Waals surface area contributed by atoms with Gasteiger partial charge in [0.05, 0.1) is 5.41 Å². The number of benzene rings is 1. The Morgan fingerprint density at radius 1 is 1.32 bits per heavy atom. The molecule has 1 heteroatoms. The predicted molar refractivity (Wildman–Crippen MR) is 76.3 cm³/mol. The molecule has 3 aliphatic carbocycles. The van der Waals surface area contributed by atoms with Crippen LogP contribution >= 0.6 is 0 Å². The highest BCUT2D eigenvalue weighted by Gasteiger charge is 2.54. The number of hydrogen-bond acceptors (Lipinski definition) is 1. The van der Waals surface area contributed by atoms with Gasteiger partial charge in [-0.15, -0.1) is 0 Å². The summed E-state index contributed by atoms with van der Waals surface area (Å²) in [5.74, 6) is 1.07. The summed E-state index contributed by atoms with van der Waals surface area (Å²) in [5.41, 5.74) is 5.63. The summed E-state index contributed by atoms with van der Waals surface area (Å²) in [6, 6.07) is 6.86. The molecule has 4 rings (SSSR count). The van der Waals surface area contributed by atoms with Gasteiger partial charge in [0, 0.05) is 6.42 Å². The quantitative estimate of drug-likeness (QED) is 0.696. The van der Waals surface area contributed by atoms with Gasteiger partial charge in [0.1, 0.15) is 5.78 Å². The number of carbonyl (C=O) groups is 1. The average molecular weight is 252 g/mol. The molecule has 1 aromatic carbocycles. The lowest BCUT2D eigenvalue weighted by atomic mass is 9.61. The van der Waals surface area contributed by atoms with E-state index in [9.17, 15) is 4.79 Å². The molecular formula is C18H20O. The van der Waals surface area contributed by atoms with Crippen molar-refractivity contribution in [2.75, 3.05) is 0 Å². The normalized spacial score (nSPS) is 31.7. The molecule has 0 radical (unpaired) electrons. The van der Waals surface area contributed by atoms with Crippen LogP contribution in [0, 0.1) is 5.92 Å². The first-order valence-corrected chi connectivity index (χ1v) is 7.57. The van der Waals surface area contributed by atoms with Crippen LogP contribution in [-0.2, 0) is 23.1 Å². The van der Waals surface area contributed by atoms with Crippen LogP contribution in [0.3, 0.4) is 0 Å². The summed E-state index contributed by atoms with van der Waals surface area (Å²) < 4.78 is 0. The number of allylic oxidation sites excluding steroid dienone is 2. The van der Waals surface area contributed by atoms with Crippen LogP contribution < -0.4 is 0 Å². The Bertz CT molecular complexity index is 596. The van der Waals surface area contributed by atoms with Gasteiger partial charge in [-0.3, -0.25) is 4.79 Å². The number of ketones is 1. The number of Topliss-reactive ketones (excluding diaryl/α,β-unsaturated/α-hetero) is 1. The Morgan fingerprint density at radius 3 is 2.89 bits per heavy atom. The monoisotopic (exact) mass is 252 g/mol. The smallest absolute Gasteiger partial charge is 0.144 e. The number of rotatable bonds is 1. The topological polar surface area (TPSA) is 17.1 Å². The maximum absolute atomic E-state index is 12.7. The minimum absolute atomic E-state index is 0.135. The standard InChI is InChI=1S/C18H20O/c1-2-12-4-7-16-14(9-12)5-8-17(19)18(16)11-13-3-6-15(18)10-13/h3-4,7,9,15H,2,5-6,8,10-11H2,1H3. The summed E-state index contributed by atoms with van der Waals surface area (Å²) in [6.45, 7) is 2.20. The number of hydrogen-bond donors (Lipinski definition) is 0. The van der Waals surface area contributed by atoms with Crippen molar-refractivity contribution in [1.82, 2.24) is 0 Å². The van der Waals surface area contributed by atoms with Gasteiger partial charge in [0.25, 0.3) is 0 Å². The molecule has 0 heterocycles. The molecule has 0 aliphatic heterocycles. The summed E-state index contributed by atoms with van der Waals surface area (Å²) >= 11 is 0. The molecule has 3 aliphatic rings. The molecule has 98 valence electrons. The molecule has 2 unspecified atom stereocenters. The molecule has 2 bridgehead atoms. The second-order valence-electron chi connectivity index (χ2n) is 6.42. The molecule has 19 heavy (non-hydrogen) atoms. The summed E-state index contributed by atoms with van der Waals surface area (Å²) in [5, 5.41) is 0. The van der Waals surface area contributed by atoms with E-state index in [1.54, 1.807) is 0 Å². The van der Waals surface area contributed by atoms with Crippen molar-refractivity contribution in [2.45, 2.75) is 50.9 Å². The maximum atomic E-state index is 12.7. The van der Waals surface area contributed by atoms with E-state index < -0.39 is 0 Å². The fraction of sp³-hybridized carbons (Fsp3) is 0.500. The van der Waals surface area contributed by atoms with Gasteiger partial charge >= 0.3 is 0 Å². The molecule has 0 amide bonds. The van der Waals surface area contributed by atoms with Crippen LogP contribution in [-0.4, -0.2) is 5.78 Å². The second-order valence-corrected chi connectivity index (χ2v) is 6.42. The van der Waals surface area contributed by atoms with E-state index in [0.717, 1.165) is 32.1 Å². The molecule has 1 spiro atoms. The molecule has 1 aromatic rings. The van der Waals surface area contributed by atoms with Crippen molar-refractivity contribution in [1.29, 1.82) is 0 Å². The molecule has 1 saturated carbocycles. The third-order valence-electron chi connectivity index (χ3n) is 5.58. The van der Waals surface area contributed by atoms with Crippen molar-refractivity contribution in [3.05, 3.63) is 46.5 Å². The lowest BCUT2D eigenvalue weighted by Crippen LogP contribution is -2.43. The largest absolute Gasteiger partial charge is 0.299 e. The highest BCUT2D eigenvalue weighted by atomic mass is 16.1. The summed E-state index contributed by atoms with van der Waals surface area (Å²) in [6.07, 6.45) is 8.46. The Hall–Kier alpha value is -1.37. The Kier molecular flexibility index (Phi) is 2.30. The third-order valence-corrected chi connectivity index (χ3v) is 5.58. The van der Waals surface area contributed by atoms with Gasteiger partial charge in [-0.2, -0.15) is 0 Å². The summed E-state index contributed by atoms with van der Waals surface area (Å²) in [4.78, 5) is 12.7. The lowest BCUT2D eigenvalue weighted by molar-refractivity contribution is -0.126. The fourth-order valence-corrected chi connectivity index (χ4v) is 4.59. The molecule has 1 nitrogen and oxygen atoms in total. The van der Waals surface area contributed by atoms with E-state index in [1.807, 2.05) is 0 Å². The molecular weight excluding hydrogens is 232 g/mol. The van der Waals surface area contributed by atoms with E-state index in [-0.39, 0.29) is 5.41 Å². The van der Waals surface area contributed by atoms with Crippen molar-refractivity contribution >= 4 is 5.78 Å². The second kappa shape index (κ2) is 3.82. The SMILES string of the molecule is CCc1ccc2c(c1)CCC(=O)C21CC2=CCC1C2. The van der Waals surface area contributed by atoms with Crippen molar-refractivity contribution in [3.63, 3.8) is 0 Å². The number of fused-ring (bicyclic) bond motifs is 5. The molecule has 1 fully saturated rings. The highest BCUT2D eigenvalue weighted by molar-refractivity contribution is 5.94. The van der Waals surface area contributed by atoms with E-state index in [0.29, 0.717) is 11.7 Å². The number of aryl methyl sites for hydroxylation is 2. The number of carbonyl (C=O) groups excluding carboxylic acids is 1. The Labute approximate surface area is 114 Å². The van der Waals surface area contributed by atoms with Gasteiger partial charge < -0.3 is 0 Å². The third kappa shape index (κ3) is 1.39. The van der Waals surface area contributed by atoms with Crippen LogP contribution in [0.1, 0.15) is 49.3 Å². The van der Waals surface area contributed by atoms with Gasteiger partial charge in [0.2, 0.25) is 0 Å². The first-order valence-electron chi connectivity index (χ1n) is 7.57. The zero-order valence-corrected chi connectivity index (χ0v) is 11.5. The first kappa shape index (κ1) is 11.5. The van der Waals surface area contributed by atoms with Gasteiger partial charge in [-0.05, 0) is 54.7 Å². The van der Waals surface area contributed by atoms with Crippen LogP contribution in [0.4, 0.5) is 0 Å². The maximum Gasteiger partial charge on any atom is 0.144 e. The van der Waals surface area contributed by atoms with E-state index in [1.165, 1.54) is 28.7 Å². The zero-order chi connectivity index (χ0) is 13.0. The molecule has 0 saturated heterocycles. The minimum Gasteiger partial charge on any atom is -0.299 e. The predicted octanol–water partition coefficient (Wildman–Crippen LogP) is 3.74. The molecule has 0 N–H and O–H groups in total. The Morgan fingerprint density at radius 2 is 2.21 bits per heavy atom. The van der Waals surface area contributed by atoms with E-state index in [2.05, 4.69) is 31.2 Å². The summed E-state index contributed by atoms with van der Waals surface area (Å²) in [7, 11) is 0. The van der Waals surface area contributed by atoms with Crippen LogP contribution in [0.5, 0.6) is 0 Å². The van der Waals surface area contributed by atoms with Crippen LogP contribution in [0.2, 0.25) is 0 Å². The van der Waals surface area contributed by atoms with E-state index >= 15 is 0 Å². The van der Waals surface area contributed by atoms with Crippen LogP contribution in [0.25, 0.3) is 0 Å². The molecule has 2 atom stereocenters. The van der Waals surface area contributed by atoms with Gasteiger partial charge in [-0.1, -0.05) is 36.8 Å². The van der Waals surface area contributed by atoms with Crippen molar-refractivity contribution < 1.29 is 4.79 Å². The first-order chi connectivity index (χ1) is 9.24. The minimum atomic E-state index is -0.135. The van der Waals surface area contributed by atoms with Crippen molar-refractivity contribution in [2.24, 2.45) is 5.92 Å². The Balaban J connectivity index is 1.89. The average Bonchev–Trinajstić information content (AvgIpc) is 3.04. The highest BCUT2D eigenvalue weighted by Crippen LogP contribution is 2.57. The lowest BCUT2D eigenvalue weighted by Gasteiger charge is -2.40. The van der Waals surface area contributed by atoms with Crippen LogP contribution in [0.15, 0.2) is 29.8 Å². The van der Waals surface area contributed by atoms with Gasteiger partial charge in [0.15, 0.2) is 0 Å². The fourth-order valence-electron chi connectivity index (χ4n) is 4.59. The van der Waals surface area contributed by atoms with Crippen molar-refractivity contribution in [3.8, 4) is 0 Å².